The molecule has 20 heavy (non-hydrogen) atoms. The highest BCUT2D eigenvalue weighted by Gasteiger charge is 2.37. The third-order valence-corrected chi connectivity index (χ3v) is 6.47. The van der Waals surface area contributed by atoms with Crippen LogP contribution in [0, 0.1) is 11.8 Å². The summed E-state index contributed by atoms with van der Waals surface area (Å²) in [5, 5.41) is 3.54. The Morgan fingerprint density at radius 2 is 1.60 bits per heavy atom. The number of nitrogens with zero attached hydrogens (tertiary/aromatic N) is 1. The quantitative estimate of drug-likeness (QED) is 0.841. The second-order valence-corrected chi connectivity index (χ2v) is 7.85. The van der Waals surface area contributed by atoms with Crippen molar-refractivity contribution < 1.29 is 0 Å². The third-order valence-electron chi connectivity index (χ3n) is 6.47. The maximum absolute atomic E-state index is 3.54. The molecule has 2 atom stereocenters. The molecule has 3 fully saturated rings. The van der Waals surface area contributed by atoms with E-state index in [1.165, 1.54) is 70.8 Å². The molecule has 2 nitrogen and oxygen atoms in total. The van der Waals surface area contributed by atoms with E-state index in [2.05, 4.69) is 24.2 Å². The van der Waals surface area contributed by atoms with Crippen LogP contribution in [0.1, 0.15) is 71.1 Å². The van der Waals surface area contributed by atoms with Crippen molar-refractivity contribution in [2.75, 3.05) is 13.6 Å². The van der Waals surface area contributed by atoms with E-state index in [0.29, 0.717) is 0 Å². The normalized spacial score (nSPS) is 42.6. The maximum atomic E-state index is 3.54. The molecule has 2 aliphatic heterocycles. The van der Waals surface area contributed by atoms with Gasteiger partial charge in [0.1, 0.15) is 0 Å². The fourth-order valence-electron chi connectivity index (χ4n) is 5.03. The first-order chi connectivity index (χ1) is 9.76. The highest BCUT2D eigenvalue weighted by Crippen LogP contribution is 2.36. The molecule has 3 aliphatic rings. The Labute approximate surface area is 125 Å². The Morgan fingerprint density at radius 3 is 2.20 bits per heavy atom. The lowest BCUT2D eigenvalue weighted by atomic mass is 9.79. The van der Waals surface area contributed by atoms with Gasteiger partial charge in [0.2, 0.25) is 0 Å². The zero-order valence-electron chi connectivity index (χ0n) is 13.6. The number of rotatable bonds is 4. The summed E-state index contributed by atoms with van der Waals surface area (Å²) in [4.78, 5) is 2.91. The molecular weight excluding hydrogens is 244 g/mol. The van der Waals surface area contributed by atoms with Crippen LogP contribution in [-0.4, -0.2) is 36.6 Å². The summed E-state index contributed by atoms with van der Waals surface area (Å²) in [6.07, 6.45) is 14.6. The summed E-state index contributed by atoms with van der Waals surface area (Å²) in [6.45, 7) is 3.83. The first-order valence-corrected chi connectivity index (χ1v) is 9.19. The summed E-state index contributed by atoms with van der Waals surface area (Å²) < 4.78 is 0. The Bertz CT molecular complexity index is 282. The van der Waals surface area contributed by atoms with Gasteiger partial charge in [-0.15, -0.1) is 0 Å². The Morgan fingerprint density at radius 1 is 0.950 bits per heavy atom. The minimum Gasteiger partial charge on any atom is -0.317 e. The number of nitrogens with one attached hydrogen (secondary N) is 1. The first-order valence-electron chi connectivity index (χ1n) is 9.19. The molecule has 0 aromatic rings. The Kier molecular flexibility index (Phi) is 5.04. The molecule has 2 saturated heterocycles. The van der Waals surface area contributed by atoms with E-state index in [9.17, 15) is 0 Å². The van der Waals surface area contributed by atoms with Crippen molar-refractivity contribution in [1.29, 1.82) is 0 Å². The van der Waals surface area contributed by atoms with Crippen molar-refractivity contribution in [3.8, 4) is 0 Å². The van der Waals surface area contributed by atoms with E-state index >= 15 is 0 Å². The van der Waals surface area contributed by atoms with Crippen LogP contribution in [0.5, 0.6) is 0 Å². The molecule has 2 bridgehead atoms. The summed E-state index contributed by atoms with van der Waals surface area (Å²) in [7, 11) is 2.15. The first kappa shape index (κ1) is 14.8. The zero-order valence-corrected chi connectivity index (χ0v) is 13.6. The van der Waals surface area contributed by atoms with Crippen molar-refractivity contribution in [3.05, 3.63) is 0 Å². The summed E-state index contributed by atoms with van der Waals surface area (Å²) in [5.41, 5.74) is 0. The molecule has 3 rings (SSSR count). The Balaban J connectivity index is 1.49. The monoisotopic (exact) mass is 278 g/mol. The van der Waals surface area contributed by atoms with Crippen LogP contribution in [0.4, 0.5) is 0 Å². The van der Waals surface area contributed by atoms with Crippen molar-refractivity contribution in [2.45, 2.75) is 89.3 Å². The van der Waals surface area contributed by atoms with E-state index in [1.807, 2.05) is 0 Å². The smallest absolute Gasteiger partial charge is 0.0113 e. The van der Waals surface area contributed by atoms with Crippen LogP contribution in [0.15, 0.2) is 0 Å². The predicted molar refractivity (Wildman–Crippen MR) is 86.0 cm³/mol. The van der Waals surface area contributed by atoms with Gasteiger partial charge < -0.3 is 5.32 Å². The number of hydrogen-bond donors (Lipinski definition) is 1. The molecule has 2 heterocycles. The third kappa shape index (κ3) is 3.39. The number of hydrogen-bond acceptors (Lipinski definition) is 2. The van der Waals surface area contributed by atoms with Gasteiger partial charge >= 0.3 is 0 Å². The van der Waals surface area contributed by atoms with Gasteiger partial charge in [0.15, 0.2) is 0 Å². The lowest BCUT2D eigenvalue weighted by molar-refractivity contribution is 0.0198. The molecule has 116 valence electrons. The number of piperidine rings is 2. The fourth-order valence-corrected chi connectivity index (χ4v) is 5.03. The van der Waals surface area contributed by atoms with Gasteiger partial charge in [0.25, 0.3) is 0 Å². The van der Waals surface area contributed by atoms with Gasteiger partial charge in [-0.1, -0.05) is 39.0 Å². The molecule has 0 aromatic heterocycles. The molecule has 1 saturated carbocycles. The molecule has 0 radical (unpaired) electrons. The predicted octanol–water partition coefficient (Wildman–Crippen LogP) is 3.81. The van der Waals surface area contributed by atoms with Crippen LogP contribution < -0.4 is 5.32 Å². The molecule has 2 heteroatoms. The van der Waals surface area contributed by atoms with Crippen LogP contribution in [0.2, 0.25) is 0 Å². The average Bonchev–Trinajstić information content (AvgIpc) is 2.46. The Hall–Kier alpha value is -0.0800. The standard InChI is InChI=1S/C18H34N2/c1-14-6-8-15(9-7-14)10-11-20-17-4-3-5-18(20)13-16(12-17)19-2/h14-19H,3-13H2,1-2H3. The van der Waals surface area contributed by atoms with E-state index in [-0.39, 0.29) is 0 Å². The molecule has 0 spiro atoms. The van der Waals surface area contributed by atoms with E-state index in [1.54, 1.807) is 0 Å². The van der Waals surface area contributed by atoms with Gasteiger partial charge in [0, 0.05) is 18.1 Å². The van der Waals surface area contributed by atoms with Crippen LogP contribution in [-0.2, 0) is 0 Å². The van der Waals surface area contributed by atoms with Crippen LogP contribution in [0.3, 0.4) is 0 Å². The van der Waals surface area contributed by atoms with Crippen LogP contribution >= 0.6 is 0 Å². The molecule has 1 aliphatic carbocycles. The van der Waals surface area contributed by atoms with E-state index in [0.717, 1.165) is 30.0 Å². The summed E-state index contributed by atoms with van der Waals surface area (Å²) >= 11 is 0. The van der Waals surface area contributed by atoms with Crippen molar-refractivity contribution in [1.82, 2.24) is 10.2 Å². The summed E-state index contributed by atoms with van der Waals surface area (Å²) in [5.74, 6) is 2.03. The minimum absolute atomic E-state index is 0.789. The highest BCUT2D eigenvalue weighted by molar-refractivity contribution is 4.94. The summed E-state index contributed by atoms with van der Waals surface area (Å²) in [6, 6.07) is 2.57. The van der Waals surface area contributed by atoms with Gasteiger partial charge in [-0.05, 0) is 57.5 Å². The topological polar surface area (TPSA) is 15.3 Å². The molecule has 0 aromatic carbocycles. The van der Waals surface area contributed by atoms with Gasteiger partial charge in [-0.2, -0.15) is 0 Å². The lowest BCUT2D eigenvalue weighted by Crippen LogP contribution is -2.56. The average molecular weight is 278 g/mol. The van der Waals surface area contributed by atoms with E-state index in [4.69, 9.17) is 0 Å². The highest BCUT2D eigenvalue weighted by atomic mass is 15.2. The minimum atomic E-state index is 0.789. The SMILES string of the molecule is CNC1CC2CCCC(C1)N2CCC1CCC(C)CC1. The largest absolute Gasteiger partial charge is 0.317 e. The van der Waals surface area contributed by atoms with E-state index < -0.39 is 0 Å². The van der Waals surface area contributed by atoms with Gasteiger partial charge in [0.05, 0.1) is 0 Å². The van der Waals surface area contributed by atoms with Crippen molar-refractivity contribution in [2.24, 2.45) is 11.8 Å². The van der Waals surface area contributed by atoms with Crippen molar-refractivity contribution in [3.63, 3.8) is 0 Å². The molecular formula is C18H34N2. The molecule has 0 amide bonds. The second-order valence-electron chi connectivity index (χ2n) is 7.85. The maximum Gasteiger partial charge on any atom is 0.0113 e. The molecule has 1 N–H and O–H groups in total. The van der Waals surface area contributed by atoms with Crippen molar-refractivity contribution >= 4 is 0 Å². The van der Waals surface area contributed by atoms with Crippen LogP contribution in [0.25, 0.3) is 0 Å². The van der Waals surface area contributed by atoms with Gasteiger partial charge in [-0.3, -0.25) is 4.90 Å². The zero-order chi connectivity index (χ0) is 13.9. The fraction of sp³-hybridized carbons (Fsp3) is 1.00. The second kappa shape index (κ2) is 6.79. The molecule has 2 unspecified atom stereocenters. The number of fused-ring (bicyclic) bond motifs is 2. The van der Waals surface area contributed by atoms with Gasteiger partial charge in [-0.25, -0.2) is 0 Å². The lowest BCUT2D eigenvalue weighted by Gasteiger charge is -2.49.